The van der Waals surface area contributed by atoms with Gasteiger partial charge in [0.1, 0.15) is 6.07 Å². The molecule has 21 heavy (non-hydrogen) atoms. The highest BCUT2D eigenvalue weighted by Gasteiger charge is 2.05. The number of pyridine rings is 1. The normalized spacial score (nSPS) is 10.5. The lowest BCUT2D eigenvalue weighted by molar-refractivity contribution is 0.0642. The molecule has 0 aliphatic rings. The first kappa shape index (κ1) is 15.2. The van der Waals surface area contributed by atoms with Crippen LogP contribution in [0.5, 0.6) is 5.88 Å². The van der Waals surface area contributed by atoms with Gasteiger partial charge >= 0.3 is 0 Å². The van der Waals surface area contributed by atoms with Gasteiger partial charge in [-0.15, -0.1) is 0 Å². The third-order valence-corrected chi connectivity index (χ3v) is 2.93. The maximum atomic E-state index is 9.19. The lowest BCUT2D eigenvalue weighted by Gasteiger charge is -2.08. The highest BCUT2D eigenvalue weighted by molar-refractivity contribution is 5.85. The molecule has 110 valence electrons. The van der Waals surface area contributed by atoms with Crippen molar-refractivity contribution in [2.75, 3.05) is 33.5 Å². The van der Waals surface area contributed by atoms with E-state index in [1.54, 1.807) is 13.2 Å². The lowest BCUT2D eigenvalue weighted by atomic mass is 10.1. The Balaban J connectivity index is 1.89. The molecule has 0 N–H and O–H groups in total. The Morgan fingerprint density at radius 1 is 1.14 bits per heavy atom. The van der Waals surface area contributed by atoms with E-state index in [0.29, 0.717) is 37.9 Å². The van der Waals surface area contributed by atoms with Crippen molar-refractivity contribution in [2.45, 2.75) is 6.42 Å². The van der Waals surface area contributed by atoms with Crippen LogP contribution in [0.4, 0.5) is 0 Å². The van der Waals surface area contributed by atoms with Crippen LogP contribution in [0.3, 0.4) is 0 Å². The molecule has 1 heterocycles. The summed E-state index contributed by atoms with van der Waals surface area (Å²) < 4.78 is 15.8. The fourth-order valence-corrected chi connectivity index (χ4v) is 1.90. The van der Waals surface area contributed by atoms with E-state index in [2.05, 4.69) is 11.1 Å². The van der Waals surface area contributed by atoms with Crippen LogP contribution in [0, 0.1) is 11.3 Å². The molecule has 0 radical (unpaired) electrons. The zero-order valence-electron chi connectivity index (χ0n) is 12.0. The number of hydrogen-bond donors (Lipinski definition) is 0. The van der Waals surface area contributed by atoms with Gasteiger partial charge in [-0.25, -0.2) is 4.98 Å². The summed E-state index contributed by atoms with van der Waals surface area (Å²) in [6.45, 7) is 2.30. The summed E-state index contributed by atoms with van der Waals surface area (Å²) in [5, 5.41) is 10.0. The van der Waals surface area contributed by atoms with Crippen molar-refractivity contribution in [1.82, 2.24) is 4.98 Å². The first-order chi connectivity index (χ1) is 10.3. The molecule has 0 unspecified atom stereocenters. The fraction of sp³-hybridized carbons (Fsp3) is 0.375. The second-order valence-corrected chi connectivity index (χ2v) is 4.44. The predicted octanol–water partition coefficient (Wildman–Crippen LogP) is 2.54. The van der Waals surface area contributed by atoms with E-state index < -0.39 is 0 Å². The minimum Gasteiger partial charge on any atom is -0.478 e. The van der Waals surface area contributed by atoms with Gasteiger partial charge in [0.2, 0.25) is 5.88 Å². The third kappa shape index (κ3) is 4.42. The second kappa shape index (κ2) is 8.20. The van der Waals surface area contributed by atoms with Crippen LogP contribution in [0.2, 0.25) is 0 Å². The van der Waals surface area contributed by atoms with Crippen molar-refractivity contribution in [2.24, 2.45) is 0 Å². The van der Waals surface area contributed by atoms with Gasteiger partial charge in [-0.2, -0.15) is 5.26 Å². The molecule has 0 saturated heterocycles. The number of benzene rings is 1. The highest BCUT2D eigenvalue weighted by atomic mass is 16.5. The largest absolute Gasteiger partial charge is 0.478 e. The van der Waals surface area contributed by atoms with Crippen LogP contribution in [0.15, 0.2) is 30.3 Å². The molecule has 0 aliphatic heterocycles. The van der Waals surface area contributed by atoms with Crippen molar-refractivity contribution in [3.8, 4) is 11.9 Å². The number of fused-ring (bicyclic) bond motifs is 1. The molecule has 0 spiro atoms. The summed E-state index contributed by atoms with van der Waals surface area (Å²) >= 11 is 0. The molecule has 5 heteroatoms. The summed E-state index contributed by atoms with van der Waals surface area (Å²) in [5.74, 6) is 0.474. The average molecular weight is 286 g/mol. The molecule has 0 atom stereocenters. The first-order valence-corrected chi connectivity index (χ1v) is 6.84. The Morgan fingerprint density at radius 2 is 2.00 bits per heavy atom. The van der Waals surface area contributed by atoms with Gasteiger partial charge in [0.05, 0.1) is 30.9 Å². The predicted molar refractivity (Wildman–Crippen MR) is 79.3 cm³/mol. The van der Waals surface area contributed by atoms with Gasteiger partial charge < -0.3 is 14.2 Å². The second-order valence-electron chi connectivity index (χ2n) is 4.44. The number of ether oxygens (including phenoxy) is 3. The molecule has 0 amide bonds. The molecule has 1 aromatic carbocycles. The van der Waals surface area contributed by atoms with Crippen molar-refractivity contribution in [3.63, 3.8) is 0 Å². The maximum Gasteiger partial charge on any atom is 0.215 e. The summed E-state index contributed by atoms with van der Waals surface area (Å²) in [7, 11) is 1.64. The Labute approximate surface area is 124 Å². The number of nitrogens with zero attached hydrogens (tertiary/aromatic N) is 2. The lowest BCUT2D eigenvalue weighted by Crippen LogP contribution is -2.07. The van der Waals surface area contributed by atoms with Crippen LogP contribution >= 0.6 is 0 Å². The van der Waals surface area contributed by atoms with Gasteiger partial charge in [-0.05, 0) is 6.07 Å². The summed E-state index contributed by atoms with van der Waals surface area (Å²) in [6.07, 6.45) is 0.764. The van der Waals surface area contributed by atoms with Crippen molar-refractivity contribution in [1.29, 1.82) is 5.26 Å². The molecule has 5 nitrogen and oxygen atoms in total. The van der Waals surface area contributed by atoms with E-state index in [1.807, 2.05) is 24.3 Å². The molecular weight excluding hydrogens is 268 g/mol. The van der Waals surface area contributed by atoms with E-state index in [9.17, 15) is 5.26 Å². The topological polar surface area (TPSA) is 64.4 Å². The van der Waals surface area contributed by atoms with Crippen LogP contribution in [0.1, 0.15) is 12.0 Å². The minimum absolute atomic E-state index is 0.474. The van der Waals surface area contributed by atoms with Gasteiger partial charge in [0, 0.05) is 31.6 Å². The zero-order valence-corrected chi connectivity index (χ0v) is 12.0. The number of nitriles is 1. The van der Waals surface area contributed by atoms with Crippen LogP contribution in [0.25, 0.3) is 10.9 Å². The Kier molecular flexibility index (Phi) is 5.95. The molecule has 0 saturated carbocycles. The van der Waals surface area contributed by atoms with Gasteiger partial charge in [0.15, 0.2) is 0 Å². The molecule has 2 rings (SSSR count). The van der Waals surface area contributed by atoms with E-state index in [1.165, 1.54) is 0 Å². The maximum absolute atomic E-state index is 9.19. The Hall–Kier alpha value is -2.16. The number of para-hydroxylation sites is 1. The Bertz CT molecular complexity index is 622. The third-order valence-electron chi connectivity index (χ3n) is 2.93. The van der Waals surface area contributed by atoms with Gasteiger partial charge in [-0.3, -0.25) is 0 Å². The molecular formula is C16H18N2O3. The monoisotopic (exact) mass is 286 g/mol. The number of rotatable bonds is 8. The van der Waals surface area contributed by atoms with E-state index in [-0.39, 0.29) is 0 Å². The van der Waals surface area contributed by atoms with Gasteiger partial charge in [-0.1, -0.05) is 18.2 Å². The molecule has 1 aromatic heterocycles. The van der Waals surface area contributed by atoms with E-state index in [4.69, 9.17) is 14.2 Å². The van der Waals surface area contributed by atoms with E-state index in [0.717, 1.165) is 17.3 Å². The van der Waals surface area contributed by atoms with Crippen molar-refractivity contribution < 1.29 is 14.2 Å². The van der Waals surface area contributed by atoms with Crippen molar-refractivity contribution in [3.05, 3.63) is 35.9 Å². The smallest absolute Gasteiger partial charge is 0.215 e. The summed E-state index contributed by atoms with van der Waals surface area (Å²) in [4.78, 5) is 4.40. The standard InChI is InChI=1S/C16H18N2O3/c1-19-9-10-20-7-4-8-21-16-11-13(12-17)14-5-2-3-6-15(14)18-16/h2-3,5-6,11H,4,7-10H2,1H3. The summed E-state index contributed by atoms with van der Waals surface area (Å²) in [6, 6.07) is 11.4. The minimum atomic E-state index is 0.474. The summed E-state index contributed by atoms with van der Waals surface area (Å²) in [5.41, 5.74) is 1.34. The molecule has 2 aromatic rings. The zero-order chi connectivity index (χ0) is 14.9. The SMILES string of the molecule is COCCOCCCOc1cc(C#N)c2ccccc2n1. The van der Waals surface area contributed by atoms with Crippen LogP contribution in [-0.2, 0) is 9.47 Å². The fourth-order valence-electron chi connectivity index (χ4n) is 1.90. The van der Waals surface area contributed by atoms with Crippen LogP contribution in [-0.4, -0.2) is 38.5 Å². The number of hydrogen-bond acceptors (Lipinski definition) is 5. The Morgan fingerprint density at radius 3 is 2.81 bits per heavy atom. The van der Waals surface area contributed by atoms with E-state index >= 15 is 0 Å². The molecule has 0 bridgehead atoms. The quantitative estimate of drug-likeness (QED) is 0.698. The molecule has 0 aliphatic carbocycles. The first-order valence-electron chi connectivity index (χ1n) is 6.84. The highest BCUT2D eigenvalue weighted by Crippen LogP contribution is 2.21. The van der Waals surface area contributed by atoms with Gasteiger partial charge in [0.25, 0.3) is 0 Å². The van der Waals surface area contributed by atoms with Crippen molar-refractivity contribution >= 4 is 10.9 Å². The average Bonchev–Trinajstić information content (AvgIpc) is 2.53. The number of aromatic nitrogens is 1. The number of methoxy groups -OCH3 is 1. The molecule has 0 fully saturated rings. The van der Waals surface area contributed by atoms with Crippen LogP contribution < -0.4 is 4.74 Å².